The maximum atomic E-state index is 13.3. The molecule has 30 heavy (non-hydrogen) atoms. The van der Waals surface area contributed by atoms with Crippen molar-refractivity contribution in [3.63, 3.8) is 0 Å². The second-order valence-electron chi connectivity index (χ2n) is 7.37. The van der Waals surface area contributed by atoms with Crippen molar-refractivity contribution in [3.05, 3.63) is 64.2 Å². The van der Waals surface area contributed by atoms with Crippen LogP contribution in [0.1, 0.15) is 16.7 Å². The fourth-order valence-electron chi connectivity index (χ4n) is 3.70. The number of sulfone groups is 1. The van der Waals surface area contributed by atoms with Crippen molar-refractivity contribution in [1.82, 2.24) is 0 Å². The van der Waals surface area contributed by atoms with Gasteiger partial charge in [0.15, 0.2) is 15.0 Å². The van der Waals surface area contributed by atoms with E-state index >= 15 is 0 Å². The van der Waals surface area contributed by atoms with E-state index in [9.17, 15) is 21.6 Å². The predicted octanol–water partition coefficient (Wildman–Crippen LogP) is 4.94. The smallest absolute Gasteiger partial charge is 0.313 e. The Labute approximate surface area is 182 Å². The molecule has 1 fully saturated rings. The largest absolute Gasteiger partial charge is 0.416 e. The Morgan fingerprint density at radius 2 is 1.93 bits per heavy atom. The third-order valence-corrected chi connectivity index (χ3v) is 8.29. The number of nitrogens with zero attached hydrogens (tertiary/aromatic N) is 2. The highest BCUT2D eigenvalue weighted by atomic mass is 35.5. The number of benzene rings is 2. The summed E-state index contributed by atoms with van der Waals surface area (Å²) in [5.41, 5.74) is 1.46. The number of hydrogen-bond acceptors (Lipinski definition) is 5. The fourth-order valence-corrected chi connectivity index (χ4v) is 6.95. The maximum absolute atomic E-state index is 13.3. The lowest BCUT2D eigenvalue weighted by Crippen LogP contribution is -2.39. The molecule has 2 heterocycles. The van der Waals surface area contributed by atoms with Crippen LogP contribution in [0, 0.1) is 6.92 Å². The summed E-state index contributed by atoms with van der Waals surface area (Å²) in [5, 5.41) is 0.613. The van der Waals surface area contributed by atoms with E-state index in [1.54, 1.807) is 4.90 Å². The summed E-state index contributed by atoms with van der Waals surface area (Å²) in [6.07, 6.45) is -4.54. The van der Waals surface area contributed by atoms with E-state index in [2.05, 4.69) is 4.99 Å². The highest BCUT2D eigenvalue weighted by Gasteiger charge is 2.48. The molecule has 2 aliphatic rings. The highest BCUT2D eigenvalue weighted by molar-refractivity contribution is 8.13. The first-order valence-electron chi connectivity index (χ1n) is 9.17. The van der Waals surface area contributed by atoms with Gasteiger partial charge in [-0.05, 0) is 36.2 Å². The number of hydrogen-bond donors (Lipinski definition) is 0. The second kappa shape index (κ2) is 7.76. The van der Waals surface area contributed by atoms with E-state index in [-0.39, 0.29) is 22.2 Å². The number of halogens is 4. The number of aryl methyl sites for hydroxylation is 1. The molecule has 0 spiro atoms. The van der Waals surface area contributed by atoms with E-state index in [1.165, 1.54) is 17.8 Å². The van der Waals surface area contributed by atoms with Crippen molar-refractivity contribution in [2.75, 3.05) is 16.4 Å². The van der Waals surface area contributed by atoms with Crippen molar-refractivity contribution < 1.29 is 21.6 Å². The monoisotopic (exact) mass is 474 g/mol. The van der Waals surface area contributed by atoms with Crippen LogP contribution in [0.5, 0.6) is 0 Å². The summed E-state index contributed by atoms with van der Waals surface area (Å²) in [4.78, 5) is 6.15. The van der Waals surface area contributed by atoms with Gasteiger partial charge >= 0.3 is 6.18 Å². The van der Waals surface area contributed by atoms with Crippen LogP contribution in [0.25, 0.3) is 0 Å². The molecule has 0 aromatic heterocycles. The van der Waals surface area contributed by atoms with Crippen LogP contribution in [-0.2, 0) is 21.8 Å². The van der Waals surface area contributed by atoms with Gasteiger partial charge in [-0.2, -0.15) is 13.2 Å². The number of thioether (sulfide) groups is 1. The molecule has 0 aliphatic carbocycles. The summed E-state index contributed by atoms with van der Waals surface area (Å²) in [6.45, 7) is 1.98. The molecule has 0 bridgehead atoms. The average Bonchev–Trinajstić information content (AvgIpc) is 3.11. The molecule has 0 radical (unpaired) electrons. The van der Waals surface area contributed by atoms with E-state index in [4.69, 9.17) is 11.6 Å². The molecule has 4 nitrogen and oxygen atoms in total. The van der Waals surface area contributed by atoms with Crippen molar-refractivity contribution in [2.45, 2.75) is 30.9 Å². The lowest BCUT2D eigenvalue weighted by molar-refractivity contribution is -0.137. The standard InChI is InChI=1S/C20H18ClF3N2O2S2/c1-12-4-2-3-5-13(12)9-29-19-25-16-10-30(27,28)11-18(16)26(19)17-8-14(20(22,23)24)6-7-15(17)21/h2-8,16,18H,9-11H2,1H3/t16-,18-/m1/s1. The van der Waals surface area contributed by atoms with E-state index in [1.807, 2.05) is 31.2 Å². The number of amidine groups is 1. The van der Waals surface area contributed by atoms with Crippen LogP contribution in [0.2, 0.25) is 5.02 Å². The van der Waals surface area contributed by atoms with Crippen LogP contribution < -0.4 is 4.90 Å². The first-order chi connectivity index (χ1) is 14.0. The first-order valence-corrected chi connectivity index (χ1v) is 12.4. The van der Waals surface area contributed by atoms with Crippen molar-refractivity contribution in [3.8, 4) is 0 Å². The Bertz CT molecular complexity index is 1120. The van der Waals surface area contributed by atoms with Crippen LogP contribution in [0.4, 0.5) is 18.9 Å². The van der Waals surface area contributed by atoms with Gasteiger partial charge in [-0.15, -0.1) is 0 Å². The third kappa shape index (κ3) is 4.20. The number of fused-ring (bicyclic) bond motifs is 1. The Balaban J connectivity index is 1.71. The molecule has 160 valence electrons. The lowest BCUT2D eigenvalue weighted by Gasteiger charge is -2.28. The Morgan fingerprint density at radius 3 is 2.63 bits per heavy atom. The van der Waals surface area contributed by atoms with Crippen LogP contribution in [0.15, 0.2) is 47.5 Å². The van der Waals surface area contributed by atoms with Gasteiger partial charge in [0.2, 0.25) is 0 Å². The zero-order valence-corrected chi connectivity index (χ0v) is 18.2. The fraction of sp³-hybridized carbons (Fsp3) is 0.350. The molecule has 1 saturated heterocycles. The molecule has 0 N–H and O–H groups in total. The molecule has 0 unspecified atom stereocenters. The van der Waals surface area contributed by atoms with Crippen LogP contribution >= 0.6 is 23.4 Å². The molecule has 0 amide bonds. The summed E-state index contributed by atoms with van der Waals surface area (Å²) < 4.78 is 64.2. The molecule has 2 atom stereocenters. The van der Waals surface area contributed by atoms with Gasteiger partial charge in [-0.1, -0.05) is 47.6 Å². The van der Waals surface area contributed by atoms with Crippen molar-refractivity contribution in [2.24, 2.45) is 4.99 Å². The number of rotatable bonds is 3. The molecule has 2 aliphatic heterocycles. The summed E-state index contributed by atoms with van der Waals surface area (Å²) in [7, 11) is -3.32. The summed E-state index contributed by atoms with van der Waals surface area (Å²) in [6, 6.07) is 9.82. The molecule has 10 heteroatoms. The van der Waals surface area contributed by atoms with E-state index < -0.39 is 33.7 Å². The van der Waals surface area contributed by atoms with Crippen LogP contribution in [-0.4, -0.2) is 37.2 Å². The summed E-state index contributed by atoms with van der Waals surface area (Å²) in [5.74, 6) is 0.284. The van der Waals surface area contributed by atoms with E-state index in [0.717, 1.165) is 23.3 Å². The minimum Gasteiger partial charge on any atom is -0.313 e. The molecule has 2 aromatic rings. The zero-order chi connectivity index (χ0) is 21.7. The molecule has 2 aromatic carbocycles. The van der Waals surface area contributed by atoms with Crippen molar-refractivity contribution in [1.29, 1.82) is 0 Å². The second-order valence-corrected chi connectivity index (χ2v) is 10.9. The quantitative estimate of drug-likeness (QED) is 0.632. The highest BCUT2D eigenvalue weighted by Crippen LogP contribution is 2.41. The summed E-state index contributed by atoms with van der Waals surface area (Å²) >= 11 is 7.65. The lowest BCUT2D eigenvalue weighted by atomic mass is 10.1. The normalized spacial score (nSPS) is 22.8. The van der Waals surface area contributed by atoms with Gasteiger partial charge < -0.3 is 4.90 Å². The Morgan fingerprint density at radius 1 is 1.20 bits per heavy atom. The average molecular weight is 475 g/mol. The first kappa shape index (κ1) is 21.5. The SMILES string of the molecule is Cc1ccccc1CSC1=N[C@@H]2CS(=O)(=O)C[C@H]2N1c1cc(C(F)(F)F)ccc1Cl. The predicted molar refractivity (Wildman–Crippen MR) is 115 cm³/mol. The number of aliphatic imine (C=N–C) groups is 1. The molecular formula is C20H18ClF3N2O2S2. The van der Waals surface area contributed by atoms with Gasteiger partial charge in [0.05, 0.1) is 39.9 Å². The van der Waals surface area contributed by atoms with Crippen molar-refractivity contribution >= 4 is 44.1 Å². The molecule has 4 rings (SSSR count). The maximum Gasteiger partial charge on any atom is 0.416 e. The zero-order valence-electron chi connectivity index (χ0n) is 15.9. The minimum absolute atomic E-state index is 0.112. The van der Waals surface area contributed by atoms with E-state index in [0.29, 0.717) is 10.9 Å². The van der Waals surface area contributed by atoms with Crippen LogP contribution in [0.3, 0.4) is 0 Å². The van der Waals surface area contributed by atoms with Gasteiger partial charge in [-0.25, -0.2) is 8.42 Å². The van der Waals surface area contributed by atoms with Gasteiger partial charge in [0.1, 0.15) is 0 Å². The van der Waals surface area contributed by atoms with Gasteiger partial charge in [0.25, 0.3) is 0 Å². The number of anilines is 1. The Hall–Kier alpha value is -1.71. The van der Waals surface area contributed by atoms with Gasteiger partial charge in [0, 0.05) is 5.75 Å². The minimum atomic E-state index is -4.54. The topological polar surface area (TPSA) is 49.7 Å². The third-order valence-electron chi connectivity index (χ3n) is 5.26. The van der Waals surface area contributed by atoms with Gasteiger partial charge in [-0.3, -0.25) is 4.99 Å². The molecule has 0 saturated carbocycles. The molecular weight excluding hydrogens is 457 g/mol. The Kier molecular flexibility index (Phi) is 5.57. The number of alkyl halides is 3.